The maximum absolute atomic E-state index is 13.5. The topological polar surface area (TPSA) is 106 Å². The highest BCUT2D eigenvalue weighted by molar-refractivity contribution is 7.89. The van der Waals surface area contributed by atoms with Crippen LogP contribution >= 0.6 is 0 Å². The SMILES string of the molecule is COCC#Cc1ccc2c(c1)O[C@@H](CN(C)C(=O)C1CCOCC1)[C@H](C)CN([C@@H](C)CO)S2(=O)=O. The summed E-state index contributed by atoms with van der Waals surface area (Å²) in [6, 6.07) is 4.12. The average molecular weight is 509 g/mol. The maximum Gasteiger partial charge on any atom is 0.247 e. The third-order valence-corrected chi connectivity index (χ3v) is 8.54. The second-order valence-electron chi connectivity index (χ2n) is 9.24. The van der Waals surface area contributed by atoms with Crippen LogP contribution in [-0.4, -0.2) is 94.5 Å². The molecule has 0 aromatic heterocycles. The number of benzene rings is 1. The van der Waals surface area contributed by atoms with Crippen LogP contribution in [0.1, 0.15) is 32.3 Å². The Bertz CT molecular complexity index is 1040. The average Bonchev–Trinajstić information content (AvgIpc) is 2.85. The van der Waals surface area contributed by atoms with Crippen molar-refractivity contribution in [1.29, 1.82) is 0 Å². The predicted molar refractivity (Wildman–Crippen MR) is 130 cm³/mol. The minimum absolute atomic E-state index is 0.0189. The molecule has 9 nitrogen and oxygen atoms in total. The van der Waals surface area contributed by atoms with Crippen molar-refractivity contribution in [2.24, 2.45) is 11.8 Å². The molecule has 0 aliphatic carbocycles. The monoisotopic (exact) mass is 508 g/mol. The van der Waals surface area contributed by atoms with Crippen molar-refractivity contribution in [3.63, 3.8) is 0 Å². The molecule has 2 heterocycles. The van der Waals surface area contributed by atoms with Crippen molar-refractivity contribution in [2.75, 3.05) is 53.7 Å². The Morgan fingerprint density at radius 2 is 2.06 bits per heavy atom. The first kappa shape index (κ1) is 27.4. The number of methoxy groups -OCH3 is 1. The Hall–Kier alpha value is -2.16. The quantitative estimate of drug-likeness (QED) is 0.578. The summed E-state index contributed by atoms with van der Waals surface area (Å²) in [6.45, 7) is 5.12. The van der Waals surface area contributed by atoms with Gasteiger partial charge in [-0.3, -0.25) is 4.79 Å². The van der Waals surface area contributed by atoms with Gasteiger partial charge in [-0.15, -0.1) is 0 Å². The molecule has 1 aromatic carbocycles. The number of sulfonamides is 1. The lowest BCUT2D eigenvalue weighted by Gasteiger charge is -2.38. The van der Waals surface area contributed by atoms with Crippen molar-refractivity contribution in [3.8, 4) is 17.6 Å². The van der Waals surface area contributed by atoms with Gasteiger partial charge in [0.1, 0.15) is 23.4 Å². The van der Waals surface area contributed by atoms with E-state index < -0.39 is 22.2 Å². The van der Waals surface area contributed by atoms with Crippen LogP contribution in [0.4, 0.5) is 0 Å². The van der Waals surface area contributed by atoms with Gasteiger partial charge in [0.05, 0.1) is 13.2 Å². The summed E-state index contributed by atoms with van der Waals surface area (Å²) < 4.78 is 45.1. The lowest BCUT2D eigenvalue weighted by molar-refractivity contribution is -0.138. The summed E-state index contributed by atoms with van der Waals surface area (Å²) in [7, 11) is -0.631. The first-order valence-corrected chi connectivity index (χ1v) is 13.4. The molecule has 1 N–H and O–H groups in total. The molecule has 1 saturated heterocycles. The van der Waals surface area contributed by atoms with Crippen molar-refractivity contribution < 1.29 is 32.5 Å². The van der Waals surface area contributed by atoms with Gasteiger partial charge in [-0.25, -0.2) is 8.42 Å². The van der Waals surface area contributed by atoms with Gasteiger partial charge in [0, 0.05) is 57.4 Å². The summed E-state index contributed by atoms with van der Waals surface area (Å²) in [6.07, 6.45) is 0.918. The Morgan fingerprint density at radius 1 is 1.34 bits per heavy atom. The number of aliphatic hydroxyl groups excluding tert-OH is 1. The molecule has 35 heavy (non-hydrogen) atoms. The van der Waals surface area contributed by atoms with E-state index in [1.807, 2.05) is 6.92 Å². The zero-order valence-corrected chi connectivity index (χ0v) is 21.7. The lowest BCUT2D eigenvalue weighted by Crippen LogP contribution is -2.50. The van der Waals surface area contributed by atoms with Crippen LogP contribution in [0.25, 0.3) is 0 Å². The Labute approximate surface area is 208 Å². The number of ether oxygens (including phenoxy) is 3. The molecule has 0 radical (unpaired) electrons. The van der Waals surface area contributed by atoms with Crippen molar-refractivity contribution in [1.82, 2.24) is 9.21 Å². The lowest BCUT2D eigenvalue weighted by atomic mass is 9.97. The summed E-state index contributed by atoms with van der Waals surface area (Å²) in [5.74, 6) is 5.71. The number of carbonyl (C=O) groups excluding carboxylic acids is 1. The van der Waals surface area contributed by atoms with Crippen LogP contribution < -0.4 is 4.74 Å². The van der Waals surface area contributed by atoms with Gasteiger partial charge in [-0.2, -0.15) is 4.31 Å². The van der Waals surface area contributed by atoms with E-state index in [2.05, 4.69) is 11.8 Å². The van der Waals surface area contributed by atoms with Gasteiger partial charge < -0.3 is 24.2 Å². The molecule has 3 atom stereocenters. The van der Waals surface area contributed by atoms with Crippen molar-refractivity contribution in [2.45, 2.75) is 43.7 Å². The van der Waals surface area contributed by atoms with Crippen LogP contribution in [-0.2, 0) is 24.3 Å². The molecular formula is C25H36N2O7S. The normalized spacial score (nSPS) is 23.6. The molecule has 1 fully saturated rings. The summed E-state index contributed by atoms with van der Waals surface area (Å²) >= 11 is 0. The standard InChI is InChI=1S/C25H36N2O7S/c1-18-15-27(19(2)17-28)35(30,31)24-8-7-20(6-5-11-32-4)14-22(24)34-23(18)16-26(3)25(29)21-9-12-33-13-10-21/h7-8,14,18-19,21,23,28H,9-13,15-17H2,1-4H3/t18-,19+,23+/m1/s1. The van der Waals surface area contributed by atoms with Gasteiger partial charge in [-0.1, -0.05) is 18.8 Å². The predicted octanol–water partition coefficient (Wildman–Crippen LogP) is 1.34. The molecule has 1 amide bonds. The van der Waals surface area contributed by atoms with Crippen LogP contribution in [0.2, 0.25) is 0 Å². The first-order valence-electron chi connectivity index (χ1n) is 11.9. The Morgan fingerprint density at radius 3 is 2.71 bits per heavy atom. The molecule has 0 unspecified atom stereocenters. The van der Waals surface area contributed by atoms with Crippen molar-refractivity contribution in [3.05, 3.63) is 23.8 Å². The van der Waals surface area contributed by atoms with E-state index in [4.69, 9.17) is 14.2 Å². The molecule has 0 bridgehead atoms. The fraction of sp³-hybridized carbons (Fsp3) is 0.640. The Kier molecular flexibility index (Phi) is 9.55. The van der Waals surface area contributed by atoms with E-state index >= 15 is 0 Å². The number of likely N-dealkylation sites (N-methyl/N-ethyl adjacent to an activating group) is 1. The fourth-order valence-corrected chi connectivity index (χ4v) is 6.17. The minimum Gasteiger partial charge on any atom is -0.487 e. The molecule has 2 aliphatic rings. The highest BCUT2D eigenvalue weighted by atomic mass is 32.2. The third-order valence-electron chi connectivity index (χ3n) is 6.52. The maximum atomic E-state index is 13.5. The van der Waals surface area contributed by atoms with Crippen molar-refractivity contribution >= 4 is 15.9 Å². The number of rotatable bonds is 6. The molecular weight excluding hydrogens is 472 g/mol. The van der Waals surface area contributed by atoms with E-state index in [9.17, 15) is 18.3 Å². The molecule has 2 aliphatic heterocycles. The second kappa shape index (κ2) is 12.2. The van der Waals surface area contributed by atoms with E-state index in [0.29, 0.717) is 38.2 Å². The highest BCUT2D eigenvalue weighted by Crippen LogP contribution is 2.34. The molecule has 194 valence electrons. The molecule has 1 aromatic rings. The van der Waals surface area contributed by atoms with E-state index in [-0.39, 0.29) is 48.1 Å². The zero-order chi connectivity index (χ0) is 25.6. The number of nitrogens with zero attached hydrogens (tertiary/aromatic N) is 2. The van der Waals surface area contributed by atoms with Crippen LogP contribution in [0, 0.1) is 23.7 Å². The van der Waals surface area contributed by atoms with E-state index in [1.54, 1.807) is 38.1 Å². The van der Waals surface area contributed by atoms with E-state index in [0.717, 1.165) is 0 Å². The van der Waals surface area contributed by atoms with Gasteiger partial charge >= 0.3 is 0 Å². The van der Waals surface area contributed by atoms with Crippen LogP contribution in [0.5, 0.6) is 5.75 Å². The minimum atomic E-state index is -3.93. The second-order valence-corrected chi connectivity index (χ2v) is 11.1. The zero-order valence-electron chi connectivity index (χ0n) is 20.9. The number of aliphatic hydroxyl groups is 1. The number of amides is 1. The third kappa shape index (κ3) is 6.54. The summed E-state index contributed by atoms with van der Waals surface area (Å²) in [5, 5.41) is 9.78. The molecule has 3 rings (SSSR count). The molecule has 0 saturated carbocycles. The fourth-order valence-electron chi connectivity index (χ4n) is 4.35. The van der Waals surface area contributed by atoms with Gasteiger partial charge in [0.25, 0.3) is 0 Å². The van der Waals surface area contributed by atoms with Gasteiger partial charge in [-0.05, 0) is 38.0 Å². The number of carbonyl (C=O) groups is 1. The van der Waals surface area contributed by atoms with E-state index in [1.165, 1.54) is 10.4 Å². The van der Waals surface area contributed by atoms with Gasteiger partial charge in [0.2, 0.25) is 15.9 Å². The summed E-state index contributed by atoms with van der Waals surface area (Å²) in [4.78, 5) is 14.7. The van der Waals surface area contributed by atoms with Gasteiger partial charge in [0.15, 0.2) is 0 Å². The number of fused-ring (bicyclic) bond motifs is 1. The summed E-state index contributed by atoms with van der Waals surface area (Å²) in [5.41, 5.74) is 0.594. The number of hydrogen-bond acceptors (Lipinski definition) is 7. The Balaban J connectivity index is 1.96. The molecule has 0 spiro atoms. The first-order chi connectivity index (χ1) is 16.7. The largest absolute Gasteiger partial charge is 0.487 e. The van der Waals surface area contributed by atoms with Crippen LogP contribution in [0.15, 0.2) is 23.1 Å². The van der Waals surface area contributed by atoms with Crippen LogP contribution in [0.3, 0.4) is 0 Å². The highest BCUT2D eigenvalue weighted by Gasteiger charge is 2.38. The number of hydrogen-bond donors (Lipinski definition) is 1. The molecule has 10 heteroatoms. The smallest absolute Gasteiger partial charge is 0.247 e.